The minimum atomic E-state index is -0.369. The lowest BCUT2D eigenvalue weighted by Gasteiger charge is -2.14. The predicted molar refractivity (Wildman–Crippen MR) is 85.4 cm³/mol. The van der Waals surface area contributed by atoms with Gasteiger partial charge in [-0.3, -0.25) is 4.79 Å². The van der Waals surface area contributed by atoms with E-state index >= 15 is 0 Å². The smallest absolute Gasteiger partial charge is 0.243 e. The third-order valence-electron chi connectivity index (χ3n) is 3.79. The number of hydrogen-bond donors (Lipinski definition) is 1. The van der Waals surface area contributed by atoms with E-state index in [0.29, 0.717) is 11.5 Å². The Balaban J connectivity index is 1.62. The summed E-state index contributed by atoms with van der Waals surface area (Å²) in [5.74, 6) is 0.850. The largest absolute Gasteiger partial charge is 0.359 e. The molecular formula is C17H17FN4O2. The highest BCUT2D eigenvalue weighted by Gasteiger charge is 2.16. The fourth-order valence-corrected chi connectivity index (χ4v) is 2.40. The molecule has 1 atom stereocenters. The van der Waals surface area contributed by atoms with E-state index in [9.17, 15) is 9.18 Å². The number of aryl methyl sites for hydroxylation is 1. The molecule has 0 aliphatic heterocycles. The fraction of sp³-hybridized carbons (Fsp3) is 0.235. The van der Waals surface area contributed by atoms with Crippen LogP contribution in [0, 0.1) is 12.7 Å². The summed E-state index contributed by atoms with van der Waals surface area (Å²) in [6.45, 7) is 3.87. The first-order chi connectivity index (χ1) is 11.5. The van der Waals surface area contributed by atoms with Crippen LogP contribution in [0.4, 0.5) is 4.39 Å². The van der Waals surface area contributed by atoms with Crippen molar-refractivity contribution in [3.8, 4) is 11.3 Å². The summed E-state index contributed by atoms with van der Waals surface area (Å²) in [6.07, 6.45) is 3.42. The van der Waals surface area contributed by atoms with Crippen molar-refractivity contribution in [2.45, 2.75) is 26.4 Å². The molecule has 0 fully saturated rings. The van der Waals surface area contributed by atoms with Gasteiger partial charge in [0.2, 0.25) is 5.91 Å². The van der Waals surface area contributed by atoms with Crippen molar-refractivity contribution in [1.82, 2.24) is 20.0 Å². The minimum absolute atomic E-state index is 0.143. The highest BCUT2D eigenvalue weighted by Crippen LogP contribution is 2.19. The minimum Gasteiger partial charge on any atom is -0.359 e. The Bertz CT molecular complexity index is 838. The molecule has 3 aromatic rings. The lowest BCUT2D eigenvalue weighted by atomic mass is 10.1. The molecule has 0 aliphatic rings. The van der Waals surface area contributed by atoms with Gasteiger partial charge in [-0.2, -0.15) is 0 Å². The Kier molecular flexibility index (Phi) is 4.41. The molecule has 0 radical (unpaired) electrons. The SMILES string of the molecule is Cc1nccn1[C@@H](C)C(=O)NCc1cc(-c2ccc(F)cc2)no1. The normalized spacial score (nSPS) is 12.1. The summed E-state index contributed by atoms with van der Waals surface area (Å²) in [4.78, 5) is 16.3. The Hall–Kier alpha value is -2.96. The zero-order valence-corrected chi connectivity index (χ0v) is 13.4. The molecule has 24 heavy (non-hydrogen) atoms. The van der Waals surface area contributed by atoms with Gasteiger partial charge in [0.1, 0.15) is 23.4 Å². The second-order valence-corrected chi connectivity index (χ2v) is 5.46. The molecule has 0 saturated carbocycles. The number of carbonyl (C=O) groups is 1. The number of nitrogens with zero attached hydrogens (tertiary/aromatic N) is 3. The van der Waals surface area contributed by atoms with E-state index in [4.69, 9.17) is 4.52 Å². The van der Waals surface area contributed by atoms with Crippen LogP contribution in [0.5, 0.6) is 0 Å². The van der Waals surface area contributed by atoms with Crippen LogP contribution in [-0.4, -0.2) is 20.6 Å². The summed E-state index contributed by atoms with van der Waals surface area (Å²) in [5, 5.41) is 6.75. The van der Waals surface area contributed by atoms with Gasteiger partial charge in [0.25, 0.3) is 0 Å². The van der Waals surface area contributed by atoms with Crippen molar-refractivity contribution < 1.29 is 13.7 Å². The first-order valence-corrected chi connectivity index (χ1v) is 7.53. The topological polar surface area (TPSA) is 73.0 Å². The average Bonchev–Trinajstić information content (AvgIpc) is 3.21. The highest BCUT2D eigenvalue weighted by atomic mass is 19.1. The van der Waals surface area contributed by atoms with Gasteiger partial charge in [-0.1, -0.05) is 5.16 Å². The van der Waals surface area contributed by atoms with Gasteiger partial charge in [-0.15, -0.1) is 0 Å². The van der Waals surface area contributed by atoms with Crippen LogP contribution in [0.2, 0.25) is 0 Å². The van der Waals surface area contributed by atoms with Gasteiger partial charge in [-0.05, 0) is 38.1 Å². The van der Waals surface area contributed by atoms with E-state index in [-0.39, 0.29) is 24.3 Å². The van der Waals surface area contributed by atoms with Crippen molar-refractivity contribution in [1.29, 1.82) is 0 Å². The molecule has 0 bridgehead atoms. The molecule has 6 nitrogen and oxygen atoms in total. The lowest BCUT2D eigenvalue weighted by molar-refractivity contribution is -0.124. The number of imidazole rings is 1. The van der Waals surface area contributed by atoms with Crippen LogP contribution in [0.25, 0.3) is 11.3 Å². The fourth-order valence-electron chi connectivity index (χ4n) is 2.40. The van der Waals surface area contributed by atoms with E-state index in [2.05, 4.69) is 15.5 Å². The summed E-state index contributed by atoms with van der Waals surface area (Å²) in [6, 6.07) is 7.33. The van der Waals surface area contributed by atoms with E-state index in [0.717, 1.165) is 11.4 Å². The number of hydrogen-bond acceptors (Lipinski definition) is 4. The van der Waals surface area contributed by atoms with Crippen LogP contribution >= 0.6 is 0 Å². The van der Waals surface area contributed by atoms with Crippen LogP contribution in [0.15, 0.2) is 47.2 Å². The summed E-state index contributed by atoms with van der Waals surface area (Å²) >= 11 is 0. The summed E-state index contributed by atoms with van der Waals surface area (Å²) < 4.78 is 19.9. The maximum Gasteiger partial charge on any atom is 0.243 e. The molecule has 1 aromatic carbocycles. The van der Waals surface area contributed by atoms with Gasteiger partial charge >= 0.3 is 0 Å². The van der Waals surface area contributed by atoms with Crippen molar-refractivity contribution >= 4 is 5.91 Å². The number of nitrogens with one attached hydrogen (secondary N) is 1. The monoisotopic (exact) mass is 328 g/mol. The second kappa shape index (κ2) is 6.66. The molecule has 0 spiro atoms. The number of benzene rings is 1. The molecule has 7 heteroatoms. The van der Waals surface area contributed by atoms with Crippen molar-refractivity contribution in [3.05, 3.63) is 60.1 Å². The van der Waals surface area contributed by atoms with E-state index in [1.807, 2.05) is 6.92 Å². The third-order valence-corrected chi connectivity index (χ3v) is 3.79. The first kappa shape index (κ1) is 15.9. The zero-order chi connectivity index (χ0) is 17.1. The predicted octanol–water partition coefficient (Wildman–Crippen LogP) is 2.86. The quantitative estimate of drug-likeness (QED) is 0.781. The highest BCUT2D eigenvalue weighted by molar-refractivity contribution is 5.79. The number of aromatic nitrogens is 3. The number of amides is 1. The van der Waals surface area contributed by atoms with Gasteiger partial charge in [0.05, 0.1) is 6.54 Å². The second-order valence-electron chi connectivity index (χ2n) is 5.46. The van der Waals surface area contributed by atoms with Crippen LogP contribution in [0.1, 0.15) is 24.6 Å². The molecule has 0 unspecified atom stereocenters. The van der Waals surface area contributed by atoms with E-state index in [1.165, 1.54) is 12.1 Å². The molecular weight excluding hydrogens is 311 g/mol. The molecule has 1 N–H and O–H groups in total. The average molecular weight is 328 g/mol. The van der Waals surface area contributed by atoms with Crippen molar-refractivity contribution in [2.24, 2.45) is 0 Å². The Morgan fingerprint density at radius 2 is 2.12 bits per heavy atom. The molecule has 2 aromatic heterocycles. The first-order valence-electron chi connectivity index (χ1n) is 7.53. The number of carbonyl (C=O) groups excluding carboxylic acids is 1. The molecule has 3 rings (SSSR count). The number of rotatable bonds is 5. The van der Waals surface area contributed by atoms with Crippen molar-refractivity contribution in [2.75, 3.05) is 0 Å². The van der Waals surface area contributed by atoms with Gasteiger partial charge < -0.3 is 14.4 Å². The maximum absolute atomic E-state index is 12.9. The van der Waals surface area contributed by atoms with Crippen molar-refractivity contribution in [3.63, 3.8) is 0 Å². The Morgan fingerprint density at radius 1 is 1.38 bits per heavy atom. The Labute approximate surface area is 138 Å². The molecule has 0 aliphatic carbocycles. The lowest BCUT2D eigenvalue weighted by Crippen LogP contribution is -2.30. The summed E-state index contributed by atoms with van der Waals surface area (Å²) in [7, 11) is 0. The van der Waals surface area contributed by atoms with Gasteiger partial charge in [-0.25, -0.2) is 9.37 Å². The zero-order valence-electron chi connectivity index (χ0n) is 13.4. The number of halogens is 1. The summed E-state index contributed by atoms with van der Waals surface area (Å²) in [5.41, 5.74) is 1.35. The van der Waals surface area contributed by atoms with Crippen LogP contribution in [0.3, 0.4) is 0 Å². The third kappa shape index (κ3) is 3.34. The van der Waals surface area contributed by atoms with E-state index in [1.54, 1.807) is 42.1 Å². The maximum atomic E-state index is 12.9. The standard InChI is InChI=1S/C17H17FN4O2/c1-11(22-8-7-19-12(22)2)17(23)20-10-15-9-16(21-24-15)13-3-5-14(18)6-4-13/h3-9,11H,10H2,1-2H3,(H,20,23)/t11-/m0/s1. The van der Waals surface area contributed by atoms with Crippen LogP contribution in [-0.2, 0) is 11.3 Å². The van der Waals surface area contributed by atoms with Crippen LogP contribution < -0.4 is 5.32 Å². The van der Waals surface area contributed by atoms with Gasteiger partial charge in [0, 0.05) is 24.0 Å². The van der Waals surface area contributed by atoms with E-state index < -0.39 is 0 Å². The molecule has 1 amide bonds. The molecule has 124 valence electrons. The van der Waals surface area contributed by atoms with Gasteiger partial charge in [0.15, 0.2) is 5.76 Å². The molecule has 0 saturated heterocycles. The Morgan fingerprint density at radius 3 is 2.79 bits per heavy atom. The molecule has 2 heterocycles.